The molecule has 4 nitrogen and oxygen atoms in total. The second-order valence-electron chi connectivity index (χ2n) is 6.56. The van der Waals surface area contributed by atoms with Gasteiger partial charge in [0, 0.05) is 37.8 Å². The van der Waals surface area contributed by atoms with Crippen LogP contribution in [-0.2, 0) is 6.54 Å². The minimum atomic E-state index is -0.00761. The summed E-state index contributed by atoms with van der Waals surface area (Å²) in [6, 6.07) is 11.5. The van der Waals surface area contributed by atoms with Gasteiger partial charge in [-0.25, -0.2) is 4.99 Å². The van der Waals surface area contributed by atoms with Crippen molar-refractivity contribution in [3.8, 4) is 0 Å². The van der Waals surface area contributed by atoms with Gasteiger partial charge in [0.05, 0.1) is 12.0 Å². The summed E-state index contributed by atoms with van der Waals surface area (Å²) in [6.45, 7) is 7.40. The molecule has 2 aromatic carbocycles. The molecule has 5 heteroatoms. The van der Waals surface area contributed by atoms with E-state index in [2.05, 4.69) is 11.9 Å². The lowest BCUT2D eigenvalue weighted by Crippen LogP contribution is -2.27. The SMILES string of the molecule is CCN(C)C=Nc1cc(C)c(C(=O)N(C)Cc2cccc(Cl)c2)cc1C. The van der Waals surface area contributed by atoms with E-state index in [0.29, 0.717) is 17.1 Å². The Kier molecular flexibility index (Phi) is 6.81. The summed E-state index contributed by atoms with van der Waals surface area (Å²) in [7, 11) is 3.79. The van der Waals surface area contributed by atoms with Gasteiger partial charge in [-0.1, -0.05) is 23.7 Å². The Morgan fingerprint density at radius 2 is 1.88 bits per heavy atom. The summed E-state index contributed by atoms with van der Waals surface area (Å²) in [4.78, 5) is 21.1. The third-order valence-corrected chi connectivity index (χ3v) is 4.56. The summed E-state index contributed by atoms with van der Waals surface area (Å²) in [5.41, 5.74) is 4.50. The van der Waals surface area contributed by atoms with E-state index in [0.717, 1.165) is 28.9 Å². The van der Waals surface area contributed by atoms with E-state index in [1.165, 1.54) is 0 Å². The highest BCUT2D eigenvalue weighted by Crippen LogP contribution is 2.24. The van der Waals surface area contributed by atoms with Gasteiger partial charge in [0.1, 0.15) is 0 Å². The van der Waals surface area contributed by atoms with Gasteiger partial charge in [-0.15, -0.1) is 0 Å². The van der Waals surface area contributed by atoms with Crippen LogP contribution in [-0.4, -0.2) is 42.7 Å². The smallest absolute Gasteiger partial charge is 0.254 e. The molecule has 138 valence electrons. The number of rotatable bonds is 6. The minimum Gasteiger partial charge on any atom is -0.366 e. The predicted molar refractivity (Wildman–Crippen MR) is 110 cm³/mol. The molecule has 2 rings (SSSR count). The summed E-state index contributed by atoms with van der Waals surface area (Å²) >= 11 is 6.03. The summed E-state index contributed by atoms with van der Waals surface area (Å²) < 4.78 is 0. The van der Waals surface area contributed by atoms with E-state index in [9.17, 15) is 4.79 Å². The standard InChI is InChI=1S/C21H26ClN3O/c1-6-24(4)14-23-20-11-15(2)19(10-16(20)3)21(26)25(5)13-17-8-7-9-18(22)12-17/h7-12,14H,6,13H2,1-5H3. The summed E-state index contributed by atoms with van der Waals surface area (Å²) in [6.07, 6.45) is 1.81. The number of halogens is 1. The number of benzene rings is 2. The third kappa shape index (κ3) is 5.09. The van der Waals surface area contributed by atoms with Crippen molar-refractivity contribution in [2.75, 3.05) is 20.6 Å². The summed E-state index contributed by atoms with van der Waals surface area (Å²) in [5.74, 6) is -0.00761. The fraction of sp³-hybridized carbons (Fsp3) is 0.333. The quantitative estimate of drug-likeness (QED) is 0.538. The van der Waals surface area contributed by atoms with Crippen LogP contribution in [0, 0.1) is 13.8 Å². The topological polar surface area (TPSA) is 35.9 Å². The van der Waals surface area contributed by atoms with E-state index in [4.69, 9.17) is 11.6 Å². The van der Waals surface area contributed by atoms with E-state index in [-0.39, 0.29) is 5.91 Å². The normalized spacial score (nSPS) is 11.0. The maximum Gasteiger partial charge on any atom is 0.254 e. The average Bonchev–Trinajstić information content (AvgIpc) is 2.61. The number of hydrogen-bond acceptors (Lipinski definition) is 2. The van der Waals surface area contributed by atoms with Crippen LogP contribution in [0.2, 0.25) is 5.02 Å². The first-order valence-electron chi connectivity index (χ1n) is 8.67. The first-order valence-corrected chi connectivity index (χ1v) is 9.05. The van der Waals surface area contributed by atoms with Gasteiger partial charge in [-0.3, -0.25) is 4.79 Å². The highest BCUT2D eigenvalue weighted by Gasteiger charge is 2.16. The lowest BCUT2D eigenvalue weighted by atomic mass is 10.0. The van der Waals surface area contributed by atoms with Crippen molar-refractivity contribution >= 4 is 29.5 Å². The van der Waals surface area contributed by atoms with Crippen LogP contribution < -0.4 is 0 Å². The second-order valence-corrected chi connectivity index (χ2v) is 7.00. The number of aryl methyl sites for hydroxylation is 2. The molecule has 0 aliphatic carbocycles. The fourth-order valence-corrected chi connectivity index (χ4v) is 2.81. The van der Waals surface area contributed by atoms with Crippen molar-refractivity contribution in [1.29, 1.82) is 0 Å². The van der Waals surface area contributed by atoms with Crippen LogP contribution in [0.4, 0.5) is 5.69 Å². The largest absolute Gasteiger partial charge is 0.366 e. The van der Waals surface area contributed by atoms with E-state index < -0.39 is 0 Å². The van der Waals surface area contributed by atoms with Crippen LogP contribution >= 0.6 is 11.6 Å². The Labute approximate surface area is 161 Å². The van der Waals surface area contributed by atoms with Gasteiger partial charge in [0.25, 0.3) is 5.91 Å². The van der Waals surface area contributed by atoms with Crippen molar-refractivity contribution in [3.05, 3.63) is 63.7 Å². The first kappa shape index (κ1) is 20.0. The van der Waals surface area contributed by atoms with E-state index >= 15 is 0 Å². The molecule has 2 aromatic rings. The minimum absolute atomic E-state index is 0.00761. The van der Waals surface area contributed by atoms with Crippen LogP contribution in [0.1, 0.15) is 34.0 Å². The lowest BCUT2D eigenvalue weighted by molar-refractivity contribution is 0.0784. The molecule has 0 bridgehead atoms. The Bertz CT molecular complexity index is 817. The zero-order chi connectivity index (χ0) is 19.3. The number of amides is 1. The molecule has 0 saturated carbocycles. The molecule has 0 saturated heterocycles. The molecule has 0 atom stereocenters. The molecule has 0 radical (unpaired) electrons. The van der Waals surface area contributed by atoms with E-state index in [1.54, 1.807) is 11.9 Å². The number of carbonyl (C=O) groups excluding carboxylic acids is 1. The molecule has 0 spiro atoms. The van der Waals surface area contributed by atoms with Crippen molar-refractivity contribution in [3.63, 3.8) is 0 Å². The van der Waals surface area contributed by atoms with Crippen molar-refractivity contribution in [1.82, 2.24) is 9.80 Å². The molecule has 0 aromatic heterocycles. The maximum atomic E-state index is 12.9. The summed E-state index contributed by atoms with van der Waals surface area (Å²) in [5, 5.41) is 0.676. The lowest BCUT2D eigenvalue weighted by Gasteiger charge is -2.19. The average molecular weight is 372 g/mol. The second kappa shape index (κ2) is 8.86. The number of hydrogen-bond donors (Lipinski definition) is 0. The molecule has 26 heavy (non-hydrogen) atoms. The maximum absolute atomic E-state index is 12.9. The molecule has 0 aliphatic rings. The van der Waals surface area contributed by atoms with Gasteiger partial charge < -0.3 is 9.80 Å². The molecule has 1 amide bonds. The fourth-order valence-electron chi connectivity index (χ4n) is 2.60. The van der Waals surface area contributed by atoms with Crippen LogP contribution in [0.3, 0.4) is 0 Å². The molecule has 0 heterocycles. The highest BCUT2D eigenvalue weighted by molar-refractivity contribution is 6.30. The highest BCUT2D eigenvalue weighted by atomic mass is 35.5. The number of aliphatic imine (C=N–C) groups is 1. The van der Waals surface area contributed by atoms with Crippen molar-refractivity contribution in [2.45, 2.75) is 27.3 Å². The van der Waals surface area contributed by atoms with Crippen LogP contribution in [0.25, 0.3) is 0 Å². The molecular weight excluding hydrogens is 346 g/mol. The van der Waals surface area contributed by atoms with Gasteiger partial charge in [0.15, 0.2) is 0 Å². The van der Waals surface area contributed by atoms with Gasteiger partial charge in [0.2, 0.25) is 0 Å². The zero-order valence-electron chi connectivity index (χ0n) is 16.1. The van der Waals surface area contributed by atoms with Gasteiger partial charge in [-0.05, 0) is 61.7 Å². The Balaban J connectivity index is 2.20. The van der Waals surface area contributed by atoms with E-state index in [1.807, 2.05) is 68.5 Å². The third-order valence-electron chi connectivity index (χ3n) is 4.32. The van der Waals surface area contributed by atoms with Crippen LogP contribution in [0.15, 0.2) is 41.4 Å². The zero-order valence-corrected chi connectivity index (χ0v) is 16.8. The monoisotopic (exact) mass is 371 g/mol. The molecular formula is C21H26ClN3O. The first-order chi connectivity index (χ1) is 12.3. The van der Waals surface area contributed by atoms with Gasteiger partial charge >= 0.3 is 0 Å². The van der Waals surface area contributed by atoms with Crippen molar-refractivity contribution in [2.24, 2.45) is 4.99 Å². The predicted octanol–water partition coefficient (Wildman–Crippen LogP) is 4.84. The molecule has 0 N–H and O–H groups in total. The van der Waals surface area contributed by atoms with Gasteiger partial charge in [-0.2, -0.15) is 0 Å². The Morgan fingerprint density at radius 1 is 1.15 bits per heavy atom. The molecule has 0 aliphatic heterocycles. The number of nitrogens with zero attached hydrogens (tertiary/aromatic N) is 3. The number of carbonyl (C=O) groups is 1. The molecule has 0 fully saturated rings. The van der Waals surface area contributed by atoms with Crippen molar-refractivity contribution < 1.29 is 4.79 Å². The molecule has 0 unspecified atom stereocenters. The van der Waals surface area contributed by atoms with Crippen LogP contribution in [0.5, 0.6) is 0 Å². The Hall–Kier alpha value is -2.33. The Morgan fingerprint density at radius 3 is 2.54 bits per heavy atom.